The first-order chi connectivity index (χ1) is 12.7. The van der Waals surface area contributed by atoms with Crippen molar-refractivity contribution in [2.75, 3.05) is 6.26 Å². The van der Waals surface area contributed by atoms with Gasteiger partial charge < -0.3 is 9.73 Å². The average molecular weight is 367 g/mol. The van der Waals surface area contributed by atoms with Crippen molar-refractivity contribution in [3.8, 4) is 11.5 Å². The fraction of sp³-hybridized carbons (Fsp3) is 0.250. The molecule has 1 aromatic heterocycles. The Hall–Kier alpha value is -2.60. The number of carbonyl (C=O) groups is 1. The van der Waals surface area contributed by atoms with Crippen molar-refractivity contribution in [1.82, 2.24) is 15.5 Å². The number of amides is 1. The van der Waals surface area contributed by atoms with Gasteiger partial charge in [-0.3, -0.25) is 4.79 Å². The van der Waals surface area contributed by atoms with E-state index in [1.165, 1.54) is 4.90 Å². The van der Waals surface area contributed by atoms with E-state index in [0.717, 1.165) is 11.1 Å². The summed E-state index contributed by atoms with van der Waals surface area (Å²) in [6, 6.07) is 17.8. The van der Waals surface area contributed by atoms with Gasteiger partial charge in [-0.25, -0.2) is 0 Å². The summed E-state index contributed by atoms with van der Waals surface area (Å²) in [7, 11) is 0. The average Bonchev–Trinajstić information content (AvgIpc) is 3.16. The van der Waals surface area contributed by atoms with E-state index >= 15 is 0 Å². The minimum atomic E-state index is -0.0408. The highest BCUT2D eigenvalue weighted by Crippen LogP contribution is 2.20. The second kappa shape index (κ2) is 8.67. The van der Waals surface area contributed by atoms with E-state index in [4.69, 9.17) is 4.42 Å². The molecule has 0 fully saturated rings. The second-order valence-corrected chi connectivity index (χ2v) is 6.81. The van der Waals surface area contributed by atoms with Crippen LogP contribution in [0.5, 0.6) is 0 Å². The molecule has 3 aromatic rings. The van der Waals surface area contributed by atoms with E-state index in [2.05, 4.69) is 27.6 Å². The molecule has 0 aliphatic heterocycles. The fourth-order valence-corrected chi connectivity index (χ4v) is 2.97. The Morgan fingerprint density at radius 3 is 2.54 bits per heavy atom. The number of nitrogens with one attached hydrogen (secondary N) is 1. The molecule has 0 radical (unpaired) electrons. The number of benzene rings is 2. The summed E-state index contributed by atoms with van der Waals surface area (Å²) in [5, 5.41) is 11.1. The van der Waals surface area contributed by atoms with Crippen molar-refractivity contribution in [2.24, 2.45) is 0 Å². The number of aromatic nitrogens is 2. The van der Waals surface area contributed by atoms with Crippen molar-refractivity contribution < 1.29 is 9.21 Å². The molecule has 1 heterocycles. The van der Waals surface area contributed by atoms with Gasteiger partial charge >= 0.3 is 0 Å². The number of rotatable bonds is 7. The molecular formula is C20H21N3O2S. The molecule has 1 unspecified atom stereocenters. The molecular weight excluding hydrogens is 346 g/mol. The number of thioether (sulfide) groups is 1. The van der Waals surface area contributed by atoms with Gasteiger partial charge in [0, 0.05) is 23.3 Å². The molecule has 3 rings (SSSR count). The summed E-state index contributed by atoms with van der Waals surface area (Å²) in [4.78, 5) is 13.4. The molecule has 1 amide bonds. The van der Waals surface area contributed by atoms with E-state index in [9.17, 15) is 4.79 Å². The number of hydrogen-bond donors (Lipinski definition) is 1. The van der Waals surface area contributed by atoms with E-state index in [-0.39, 0.29) is 11.9 Å². The van der Waals surface area contributed by atoms with Crippen molar-refractivity contribution >= 4 is 17.7 Å². The van der Waals surface area contributed by atoms with Crippen molar-refractivity contribution in [1.29, 1.82) is 0 Å². The van der Waals surface area contributed by atoms with Gasteiger partial charge in [0.1, 0.15) is 0 Å². The van der Waals surface area contributed by atoms with Crippen LogP contribution in [0.25, 0.3) is 11.5 Å². The van der Waals surface area contributed by atoms with Gasteiger partial charge in [-0.1, -0.05) is 30.3 Å². The Morgan fingerprint density at radius 2 is 1.85 bits per heavy atom. The molecule has 1 N–H and O–H groups in total. The first kappa shape index (κ1) is 18.2. The molecule has 6 heteroatoms. The minimum Gasteiger partial charge on any atom is -0.421 e. The zero-order valence-electron chi connectivity index (χ0n) is 14.8. The molecule has 0 saturated carbocycles. The number of aryl methyl sites for hydroxylation is 1. The van der Waals surface area contributed by atoms with Crippen LogP contribution in [-0.2, 0) is 11.2 Å². The third-order valence-electron chi connectivity index (χ3n) is 4.05. The summed E-state index contributed by atoms with van der Waals surface area (Å²) >= 11 is 1.70. The van der Waals surface area contributed by atoms with Gasteiger partial charge in [-0.15, -0.1) is 22.0 Å². The molecule has 0 saturated heterocycles. The number of carbonyl (C=O) groups excluding carboxylic acids is 1. The maximum absolute atomic E-state index is 12.2. The summed E-state index contributed by atoms with van der Waals surface area (Å²) in [5.74, 6) is 0.908. The summed E-state index contributed by atoms with van der Waals surface area (Å²) < 4.78 is 5.63. The molecule has 0 spiro atoms. The van der Waals surface area contributed by atoms with E-state index in [1.807, 2.05) is 55.6 Å². The number of nitrogens with zero attached hydrogens (tertiary/aromatic N) is 2. The largest absolute Gasteiger partial charge is 0.421 e. The Balaban J connectivity index is 1.51. The van der Waals surface area contributed by atoms with Crippen LogP contribution in [0.3, 0.4) is 0 Å². The van der Waals surface area contributed by atoms with Gasteiger partial charge in [-0.05, 0) is 43.0 Å². The number of hydrogen-bond acceptors (Lipinski definition) is 5. The zero-order chi connectivity index (χ0) is 18.4. The van der Waals surface area contributed by atoms with Crippen LogP contribution in [0.15, 0.2) is 63.9 Å². The molecule has 0 aliphatic rings. The molecule has 0 aliphatic carbocycles. The maximum Gasteiger partial charge on any atom is 0.247 e. The zero-order valence-corrected chi connectivity index (χ0v) is 15.6. The quantitative estimate of drug-likeness (QED) is 0.632. The van der Waals surface area contributed by atoms with Crippen LogP contribution in [0, 0.1) is 0 Å². The molecule has 0 bridgehead atoms. The standard InChI is InChI=1S/C20H21N3O2S/c1-14(15-8-10-17(26-2)11-9-15)21-18(24)12-13-19-22-23-20(25-19)16-6-4-3-5-7-16/h3-11,14H,12-13H2,1-2H3,(H,21,24). The highest BCUT2D eigenvalue weighted by molar-refractivity contribution is 7.98. The second-order valence-electron chi connectivity index (χ2n) is 5.93. The Kier molecular flexibility index (Phi) is 6.07. The van der Waals surface area contributed by atoms with Gasteiger partial charge in [0.15, 0.2) is 0 Å². The van der Waals surface area contributed by atoms with Crippen LogP contribution in [0.1, 0.15) is 30.8 Å². The monoisotopic (exact) mass is 367 g/mol. The topological polar surface area (TPSA) is 68.0 Å². The third kappa shape index (κ3) is 4.73. The van der Waals surface area contributed by atoms with Gasteiger partial charge in [0.05, 0.1) is 6.04 Å². The third-order valence-corrected chi connectivity index (χ3v) is 4.79. The molecule has 134 valence electrons. The lowest BCUT2D eigenvalue weighted by atomic mass is 10.1. The van der Waals surface area contributed by atoms with Gasteiger partial charge in [0.25, 0.3) is 0 Å². The Bertz CT molecular complexity index is 847. The lowest BCUT2D eigenvalue weighted by Crippen LogP contribution is -2.26. The minimum absolute atomic E-state index is 0.0362. The van der Waals surface area contributed by atoms with Gasteiger partial charge in [-0.2, -0.15) is 0 Å². The van der Waals surface area contributed by atoms with Crippen molar-refractivity contribution in [2.45, 2.75) is 30.7 Å². The van der Waals surface area contributed by atoms with E-state index in [0.29, 0.717) is 24.6 Å². The van der Waals surface area contributed by atoms with Crippen molar-refractivity contribution in [3.63, 3.8) is 0 Å². The first-order valence-corrected chi connectivity index (χ1v) is 9.69. The lowest BCUT2D eigenvalue weighted by molar-refractivity contribution is -0.121. The fourth-order valence-electron chi connectivity index (χ4n) is 2.56. The van der Waals surface area contributed by atoms with Crippen LogP contribution in [0.2, 0.25) is 0 Å². The van der Waals surface area contributed by atoms with Crippen LogP contribution < -0.4 is 5.32 Å². The predicted molar refractivity (Wildman–Crippen MR) is 103 cm³/mol. The Morgan fingerprint density at radius 1 is 1.12 bits per heavy atom. The predicted octanol–water partition coefficient (Wildman–Crippen LogP) is 4.27. The smallest absolute Gasteiger partial charge is 0.247 e. The summed E-state index contributed by atoms with van der Waals surface area (Å²) in [5.41, 5.74) is 1.96. The maximum atomic E-state index is 12.2. The van der Waals surface area contributed by atoms with E-state index in [1.54, 1.807) is 11.8 Å². The molecule has 1 atom stereocenters. The van der Waals surface area contributed by atoms with Gasteiger partial charge in [0.2, 0.25) is 17.7 Å². The van der Waals surface area contributed by atoms with Crippen LogP contribution in [0.4, 0.5) is 0 Å². The molecule has 5 nitrogen and oxygen atoms in total. The lowest BCUT2D eigenvalue weighted by Gasteiger charge is -2.14. The Labute approximate surface area is 157 Å². The molecule has 2 aromatic carbocycles. The van der Waals surface area contributed by atoms with Crippen LogP contribution in [-0.4, -0.2) is 22.4 Å². The summed E-state index contributed by atoms with van der Waals surface area (Å²) in [6.07, 6.45) is 2.77. The first-order valence-electron chi connectivity index (χ1n) is 8.47. The highest BCUT2D eigenvalue weighted by atomic mass is 32.2. The molecule has 26 heavy (non-hydrogen) atoms. The van der Waals surface area contributed by atoms with Crippen molar-refractivity contribution in [3.05, 3.63) is 66.1 Å². The van der Waals surface area contributed by atoms with E-state index < -0.39 is 0 Å². The highest BCUT2D eigenvalue weighted by Gasteiger charge is 2.13. The SMILES string of the molecule is CSc1ccc(C(C)NC(=O)CCc2nnc(-c3ccccc3)o2)cc1. The summed E-state index contributed by atoms with van der Waals surface area (Å²) in [6.45, 7) is 1.98. The van der Waals surface area contributed by atoms with Crippen LogP contribution >= 0.6 is 11.8 Å². The normalized spacial score (nSPS) is 11.9.